The van der Waals surface area contributed by atoms with Crippen molar-refractivity contribution in [3.63, 3.8) is 0 Å². The van der Waals surface area contributed by atoms with Crippen LogP contribution in [-0.4, -0.2) is 19.2 Å². The Morgan fingerprint density at radius 2 is 1.54 bits per heavy atom. The molecule has 0 unspecified atom stereocenters. The molecule has 28 heavy (non-hydrogen) atoms. The van der Waals surface area contributed by atoms with Gasteiger partial charge in [-0.1, -0.05) is 30.3 Å². The molecule has 3 aromatic rings. The molecule has 0 saturated carbocycles. The zero-order valence-corrected chi connectivity index (χ0v) is 15.2. The summed E-state index contributed by atoms with van der Waals surface area (Å²) in [6.45, 7) is 0. The molecule has 0 bridgehead atoms. The second kappa shape index (κ2) is 7.89. The summed E-state index contributed by atoms with van der Waals surface area (Å²) in [6, 6.07) is 19.4. The molecule has 8 nitrogen and oxygen atoms in total. The van der Waals surface area contributed by atoms with Crippen molar-refractivity contribution in [2.45, 2.75) is 4.90 Å². The van der Waals surface area contributed by atoms with Crippen LogP contribution >= 0.6 is 0 Å². The predicted octanol–water partition coefficient (Wildman–Crippen LogP) is 3.65. The maximum atomic E-state index is 12.5. The van der Waals surface area contributed by atoms with Gasteiger partial charge in [0.15, 0.2) is 0 Å². The van der Waals surface area contributed by atoms with Crippen LogP contribution < -0.4 is 10.0 Å². The van der Waals surface area contributed by atoms with Crippen molar-refractivity contribution in [1.29, 1.82) is 0 Å². The highest BCUT2D eigenvalue weighted by Crippen LogP contribution is 2.20. The number of nitro groups is 1. The molecule has 0 aromatic heterocycles. The van der Waals surface area contributed by atoms with Crippen molar-refractivity contribution in [3.8, 4) is 0 Å². The van der Waals surface area contributed by atoms with Gasteiger partial charge in [0, 0.05) is 29.1 Å². The lowest BCUT2D eigenvalue weighted by atomic mass is 10.2. The fourth-order valence-electron chi connectivity index (χ4n) is 2.43. The number of nitro benzene ring substituents is 1. The number of carbonyl (C=O) groups excluding carboxylic acids is 1. The van der Waals surface area contributed by atoms with E-state index in [1.54, 1.807) is 30.3 Å². The van der Waals surface area contributed by atoms with E-state index in [-0.39, 0.29) is 21.8 Å². The van der Waals surface area contributed by atoms with Crippen LogP contribution in [-0.2, 0) is 10.0 Å². The van der Waals surface area contributed by atoms with Crippen molar-refractivity contribution in [3.05, 3.63) is 94.5 Å². The second-order valence-electron chi connectivity index (χ2n) is 5.76. The molecule has 0 atom stereocenters. The van der Waals surface area contributed by atoms with Gasteiger partial charge in [0.2, 0.25) is 0 Å². The van der Waals surface area contributed by atoms with Gasteiger partial charge in [-0.2, -0.15) is 0 Å². The molecule has 0 fully saturated rings. The van der Waals surface area contributed by atoms with Crippen LogP contribution in [0.25, 0.3) is 0 Å². The van der Waals surface area contributed by atoms with Crippen LogP contribution in [0.15, 0.2) is 83.8 Å². The lowest BCUT2D eigenvalue weighted by Crippen LogP contribution is -2.15. The third-order valence-corrected chi connectivity index (χ3v) is 5.13. The number of hydrogen-bond donors (Lipinski definition) is 2. The van der Waals surface area contributed by atoms with Gasteiger partial charge in [0.05, 0.1) is 9.82 Å². The van der Waals surface area contributed by atoms with Crippen LogP contribution in [0.3, 0.4) is 0 Å². The Kier molecular flexibility index (Phi) is 5.37. The molecular weight excluding hydrogens is 382 g/mol. The fraction of sp³-hybridized carbons (Fsp3) is 0. The molecule has 0 aliphatic heterocycles. The summed E-state index contributed by atoms with van der Waals surface area (Å²) in [5, 5.41) is 13.4. The summed E-state index contributed by atoms with van der Waals surface area (Å²) < 4.78 is 27.5. The van der Waals surface area contributed by atoms with E-state index >= 15 is 0 Å². The molecule has 3 rings (SSSR count). The average Bonchev–Trinajstić information content (AvgIpc) is 2.68. The Labute approximate surface area is 161 Å². The van der Waals surface area contributed by atoms with Crippen LogP contribution in [0.4, 0.5) is 17.1 Å². The minimum atomic E-state index is -3.84. The SMILES string of the molecule is O=C(Nc1cccc(S(=O)(=O)Nc2ccccc2)c1)c1cccc([N+](=O)[O-])c1. The van der Waals surface area contributed by atoms with E-state index in [4.69, 9.17) is 0 Å². The number of anilines is 2. The van der Waals surface area contributed by atoms with Crippen molar-refractivity contribution < 1.29 is 18.1 Å². The third kappa shape index (κ3) is 4.51. The van der Waals surface area contributed by atoms with E-state index in [2.05, 4.69) is 10.0 Å². The monoisotopic (exact) mass is 397 g/mol. The lowest BCUT2D eigenvalue weighted by molar-refractivity contribution is -0.384. The van der Waals surface area contributed by atoms with E-state index in [1.165, 1.54) is 42.5 Å². The van der Waals surface area contributed by atoms with Gasteiger partial charge >= 0.3 is 0 Å². The molecule has 2 N–H and O–H groups in total. The van der Waals surface area contributed by atoms with Crippen molar-refractivity contribution in [1.82, 2.24) is 0 Å². The Morgan fingerprint density at radius 3 is 2.25 bits per heavy atom. The molecule has 142 valence electrons. The number of rotatable bonds is 6. The lowest BCUT2D eigenvalue weighted by Gasteiger charge is -2.10. The molecule has 9 heteroatoms. The topological polar surface area (TPSA) is 118 Å². The van der Waals surface area contributed by atoms with Crippen molar-refractivity contribution >= 4 is 33.0 Å². The maximum absolute atomic E-state index is 12.5. The summed E-state index contributed by atoms with van der Waals surface area (Å²) in [4.78, 5) is 22.5. The number of nitrogens with one attached hydrogen (secondary N) is 2. The van der Waals surface area contributed by atoms with Crippen molar-refractivity contribution in [2.75, 3.05) is 10.0 Å². The Bertz CT molecular complexity index is 1130. The number of non-ortho nitro benzene ring substituents is 1. The maximum Gasteiger partial charge on any atom is 0.270 e. The van der Waals surface area contributed by atoms with Gasteiger partial charge in [0.1, 0.15) is 0 Å². The summed E-state index contributed by atoms with van der Waals surface area (Å²) in [5.41, 5.74) is 0.530. The van der Waals surface area contributed by atoms with Crippen LogP contribution in [0.5, 0.6) is 0 Å². The standard InChI is InChI=1S/C19H15N3O5S/c23-19(14-6-4-10-17(12-14)22(24)25)20-16-9-5-11-18(13-16)28(26,27)21-15-7-2-1-3-8-15/h1-13,21H,(H,20,23). The first-order valence-corrected chi connectivity index (χ1v) is 9.57. The third-order valence-electron chi connectivity index (χ3n) is 3.75. The number of carbonyl (C=O) groups is 1. The quantitative estimate of drug-likeness (QED) is 0.486. The zero-order valence-electron chi connectivity index (χ0n) is 14.4. The first-order chi connectivity index (χ1) is 13.3. The highest BCUT2D eigenvalue weighted by Gasteiger charge is 2.16. The van der Waals surface area contributed by atoms with Crippen LogP contribution in [0.2, 0.25) is 0 Å². The van der Waals surface area contributed by atoms with Gasteiger partial charge in [-0.25, -0.2) is 8.42 Å². The Hall–Kier alpha value is -3.72. The van der Waals surface area contributed by atoms with E-state index in [0.29, 0.717) is 5.69 Å². The Morgan fingerprint density at radius 1 is 0.857 bits per heavy atom. The molecule has 0 saturated heterocycles. The van der Waals surface area contributed by atoms with Gasteiger partial charge < -0.3 is 5.32 Å². The summed E-state index contributed by atoms with van der Waals surface area (Å²) in [5.74, 6) is -0.589. The zero-order chi connectivity index (χ0) is 20.1. The molecule has 0 radical (unpaired) electrons. The number of para-hydroxylation sites is 1. The molecule has 1 amide bonds. The number of amides is 1. The van der Waals surface area contributed by atoms with Crippen LogP contribution in [0, 0.1) is 10.1 Å². The van der Waals surface area contributed by atoms with E-state index in [9.17, 15) is 23.3 Å². The van der Waals surface area contributed by atoms with Crippen LogP contribution in [0.1, 0.15) is 10.4 Å². The van der Waals surface area contributed by atoms with E-state index in [0.717, 1.165) is 6.07 Å². The average molecular weight is 397 g/mol. The van der Waals surface area contributed by atoms with Gasteiger partial charge in [0.25, 0.3) is 21.6 Å². The number of hydrogen-bond acceptors (Lipinski definition) is 5. The van der Waals surface area contributed by atoms with Gasteiger partial charge in [-0.15, -0.1) is 0 Å². The van der Waals surface area contributed by atoms with E-state index < -0.39 is 20.9 Å². The first-order valence-electron chi connectivity index (χ1n) is 8.09. The molecule has 0 spiro atoms. The summed E-state index contributed by atoms with van der Waals surface area (Å²) in [6.07, 6.45) is 0. The number of sulfonamides is 1. The Balaban J connectivity index is 1.80. The highest BCUT2D eigenvalue weighted by atomic mass is 32.2. The smallest absolute Gasteiger partial charge is 0.270 e. The minimum absolute atomic E-state index is 0.0341. The predicted molar refractivity (Wildman–Crippen MR) is 105 cm³/mol. The molecule has 0 aliphatic carbocycles. The fourth-order valence-corrected chi connectivity index (χ4v) is 3.53. The number of benzene rings is 3. The minimum Gasteiger partial charge on any atom is -0.322 e. The summed E-state index contributed by atoms with van der Waals surface area (Å²) in [7, 11) is -3.84. The van der Waals surface area contributed by atoms with Crippen molar-refractivity contribution in [2.24, 2.45) is 0 Å². The molecule has 3 aromatic carbocycles. The van der Waals surface area contributed by atoms with Gasteiger partial charge in [-0.05, 0) is 36.4 Å². The largest absolute Gasteiger partial charge is 0.322 e. The second-order valence-corrected chi connectivity index (χ2v) is 7.44. The highest BCUT2D eigenvalue weighted by molar-refractivity contribution is 7.92. The van der Waals surface area contributed by atoms with E-state index in [1.807, 2.05) is 0 Å². The number of nitrogens with zero attached hydrogens (tertiary/aromatic N) is 1. The molecule has 0 aliphatic rings. The summed E-state index contributed by atoms with van der Waals surface area (Å²) >= 11 is 0. The molecule has 0 heterocycles. The molecular formula is C19H15N3O5S. The van der Waals surface area contributed by atoms with Gasteiger partial charge in [-0.3, -0.25) is 19.6 Å². The normalized spacial score (nSPS) is 10.9. The first kappa shape index (κ1) is 19.1.